The predicted molar refractivity (Wildman–Crippen MR) is 142 cm³/mol. The maximum atomic E-state index is 5.86. The molecule has 0 aliphatic rings. The number of aromatic nitrogens is 7. The lowest BCUT2D eigenvalue weighted by Crippen LogP contribution is -2.19. The SMILES string of the molecule is Cc1ccc(-c2ccnc3[nH]c(-c4n[nH]c5cnc(-c6cncc(OCCN(C)C)c6)cc45)nc23)s1. The van der Waals surface area contributed by atoms with Gasteiger partial charge >= 0.3 is 0 Å². The third-order valence-corrected chi connectivity index (χ3v) is 6.91. The van der Waals surface area contributed by atoms with Crippen LogP contribution in [0.4, 0.5) is 0 Å². The number of nitrogens with one attached hydrogen (secondary N) is 2. The van der Waals surface area contributed by atoms with Gasteiger partial charge in [-0.15, -0.1) is 11.3 Å². The highest BCUT2D eigenvalue weighted by Gasteiger charge is 2.17. The number of nitrogens with zero attached hydrogens (tertiary/aromatic N) is 6. The molecule has 0 spiro atoms. The van der Waals surface area contributed by atoms with Gasteiger partial charge in [-0.05, 0) is 51.4 Å². The lowest BCUT2D eigenvalue weighted by Gasteiger charge is -2.11. The summed E-state index contributed by atoms with van der Waals surface area (Å²) in [6.07, 6.45) is 7.09. The average molecular weight is 497 g/mol. The van der Waals surface area contributed by atoms with Crippen molar-refractivity contribution in [3.8, 4) is 39.0 Å². The van der Waals surface area contributed by atoms with Crippen LogP contribution in [-0.4, -0.2) is 67.3 Å². The van der Waals surface area contributed by atoms with Crippen molar-refractivity contribution in [3.05, 3.63) is 60.0 Å². The second-order valence-corrected chi connectivity index (χ2v) is 10.1. The van der Waals surface area contributed by atoms with Crippen molar-refractivity contribution in [1.82, 2.24) is 40.0 Å². The summed E-state index contributed by atoms with van der Waals surface area (Å²) in [7, 11) is 4.03. The molecule has 2 N–H and O–H groups in total. The van der Waals surface area contributed by atoms with Crippen LogP contribution in [0.2, 0.25) is 0 Å². The topological polar surface area (TPSA) is 108 Å². The minimum Gasteiger partial charge on any atom is -0.491 e. The minimum absolute atomic E-state index is 0.587. The summed E-state index contributed by atoms with van der Waals surface area (Å²) in [6.45, 7) is 3.52. The molecule has 180 valence electrons. The van der Waals surface area contributed by atoms with E-state index in [1.165, 1.54) is 4.88 Å². The van der Waals surface area contributed by atoms with Crippen molar-refractivity contribution in [2.45, 2.75) is 6.92 Å². The maximum absolute atomic E-state index is 5.86. The van der Waals surface area contributed by atoms with Gasteiger partial charge in [-0.3, -0.25) is 15.1 Å². The van der Waals surface area contributed by atoms with E-state index < -0.39 is 0 Å². The van der Waals surface area contributed by atoms with E-state index >= 15 is 0 Å². The highest BCUT2D eigenvalue weighted by atomic mass is 32.1. The average Bonchev–Trinajstić information content (AvgIpc) is 3.61. The molecular formula is C26H24N8OS. The van der Waals surface area contributed by atoms with Crippen LogP contribution in [0.3, 0.4) is 0 Å². The molecule has 0 aliphatic heterocycles. The van der Waals surface area contributed by atoms with Crippen LogP contribution < -0.4 is 4.74 Å². The zero-order valence-corrected chi connectivity index (χ0v) is 20.9. The molecule has 10 heteroatoms. The molecule has 6 rings (SSSR count). The third kappa shape index (κ3) is 4.21. The molecule has 0 aromatic carbocycles. The smallest absolute Gasteiger partial charge is 0.160 e. The second kappa shape index (κ2) is 9.14. The van der Waals surface area contributed by atoms with E-state index in [2.05, 4.69) is 54.1 Å². The molecule has 36 heavy (non-hydrogen) atoms. The van der Waals surface area contributed by atoms with Gasteiger partial charge in [0.1, 0.15) is 23.6 Å². The van der Waals surface area contributed by atoms with Gasteiger partial charge in [-0.1, -0.05) is 0 Å². The van der Waals surface area contributed by atoms with E-state index in [4.69, 9.17) is 9.72 Å². The van der Waals surface area contributed by atoms with Gasteiger partial charge in [0.15, 0.2) is 11.5 Å². The van der Waals surface area contributed by atoms with Crippen LogP contribution in [0.5, 0.6) is 5.75 Å². The van der Waals surface area contributed by atoms with Crippen LogP contribution in [0.15, 0.2) is 55.1 Å². The van der Waals surface area contributed by atoms with Gasteiger partial charge in [-0.2, -0.15) is 5.10 Å². The van der Waals surface area contributed by atoms with Gasteiger partial charge < -0.3 is 14.6 Å². The molecule has 6 heterocycles. The number of H-pyrrole nitrogens is 2. The minimum atomic E-state index is 0.587. The maximum Gasteiger partial charge on any atom is 0.160 e. The Morgan fingerprint density at radius 1 is 1.06 bits per heavy atom. The predicted octanol–water partition coefficient (Wildman–Crippen LogP) is 4.94. The van der Waals surface area contributed by atoms with Crippen LogP contribution in [-0.2, 0) is 0 Å². The van der Waals surface area contributed by atoms with E-state index in [1.54, 1.807) is 36.1 Å². The first-order chi connectivity index (χ1) is 17.5. The standard InChI is InChI=1S/C26H24N8OS/c1-15-4-5-22(36-15)18-6-7-28-25-23(18)30-26(31-25)24-19-11-20(29-14-21(19)32-33-24)16-10-17(13-27-12-16)35-9-8-34(2)3/h4-7,10-14H,8-9H2,1-3H3,(H,32,33)(H,28,30,31). The number of imidazole rings is 1. The number of hydrogen-bond donors (Lipinski definition) is 2. The van der Waals surface area contributed by atoms with Gasteiger partial charge in [-0.25, -0.2) is 9.97 Å². The number of aromatic amines is 2. The molecule has 0 unspecified atom stereocenters. The van der Waals surface area contributed by atoms with E-state index in [0.717, 1.165) is 50.3 Å². The number of fused-ring (bicyclic) bond motifs is 2. The Morgan fingerprint density at radius 2 is 1.97 bits per heavy atom. The lowest BCUT2D eigenvalue weighted by molar-refractivity contribution is 0.261. The molecule has 9 nitrogen and oxygen atoms in total. The highest BCUT2D eigenvalue weighted by Crippen LogP contribution is 2.34. The Bertz CT molecular complexity index is 1680. The lowest BCUT2D eigenvalue weighted by atomic mass is 10.1. The summed E-state index contributed by atoms with van der Waals surface area (Å²) in [5.41, 5.74) is 5.79. The van der Waals surface area contributed by atoms with E-state index in [0.29, 0.717) is 23.9 Å². The summed E-state index contributed by atoms with van der Waals surface area (Å²) in [5.74, 6) is 1.36. The quantitative estimate of drug-likeness (QED) is 0.322. The molecular weight excluding hydrogens is 472 g/mol. The van der Waals surface area contributed by atoms with Crippen molar-refractivity contribution < 1.29 is 4.74 Å². The molecule has 0 saturated carbocycles. The molecule has 6 aromatic rings. The zero-order chi connectivity index (χ0) is 24.6. The molecule has 0 amide bonds. The Kier molecular flexibility index (Phi) is 5.67. The molecule has 0 aliphatic carbocycles. The highest BCUT2D eigenvalue weighted by molar-refractivity contribution is 7.15. The summed E-state index contributed by atoms with van der Waals surface area (Å²) in [5, 5.41) is 8.53. The molecule has 0 radical (unpaired) electrons. The van der Waals surface area contributed by atoms with Gasteiger partial charge in [0.05, 0.1) is 23.6 Å². The van der Waals surface area contributed by atoms with Crippen molar-refractivity contribution >= 4 is 33.4 Å². The Morgan fingerprint density at radius 3 is 2.81 bits per heavy atom. The van der Waals surface area contributed by atoms with Gasteiger partial charge in [0.2, 0.25) is 0 Å². The van der Waals surface area contributed by atoms with E-state index in [1.807, 2.05) is 32.3 Å². The second-order valence-electron chi connectivity index (χ2n) is 8.80. The van der Waals surface area contributed by atoms with E-state index in [-0.39, 0.29) is 0 Å². The largest absolute Gasteiger partial charge is 0.491 e. The molecule has 0 atom stereocenters. The Labute approximate surface area is 211 Å². The summed E-state index contributed by atoms with van der Waals surface area (Å²) in [4.78, 5) is 26.2. The Balaban J connectivity index is 1.37. The number of rotatable bonds is 7. The number of pyridine rings is 3. The molecule has 6 aromatic heterocycles. The first-order valence-electron chi connectivity index (χ1n) is 11.5. The molecule has 0 bridgehead atoms. The summed E-state index contributed by atoms with van der Waals surface area (Å²) < 4.78 is 5.86. The van der Waals surface area contributed by atoms with Crippen molar-refractivity contribution in [2.24, 2.45) is 0 Å². The van der Waals surface area contributed by atoms with Crippen molar-refractivity contribution in [3.63, 3.8) is 0 Å². The van der Waals surface area contributed by atoms with Crippen LogP contribution >= 0.6 is 11.3 Å². The number of likely N-dealkylation sites (N-methyl/N-ethyl adjacent to an activating group) is 1. The zero-order valence-electron chi connectivity index (χ0n) is 20.1. The number of ether oxygens (including phenoxy) is 1. The van der Waals surface area contributed by atoms with Crippen molar-refractivity contribution in [1.29, 1.82) is 0 Å². The molecule has 0 saturated heterocycles. The fraction of sp³-hybridized carbons (Fsp3) is 0.192. The third-order valence-electron chi connectivity index (χ3n) is 5.88. The van der Waals surface area contributed by atoms with Crippen molar-refractivity contribution in [2.75, 3.05) is 27.2 Å². The first kappa shape index (κ1) is 22.3. The van der Waals surface area contributed by atoms with E-state index in [9.17, 15) is 0 Å². The monoisotopic (exact) mass is 496 g/mol. The Hall–Kier alpha value is -4.15. The first-order valence-corrected chi connectivity index (χ1v) is 12.4. The molecule has 0 fully saturated rings. The van der Waals surface area contributed by atoms with Crippen LogP contribution in [0.1, 0.15) is 4.88 Å². The number of hydrogen-bond acceptors (Lipinski definition) is 8. The van der Waals surface area contributed by atoms with Crippen LogP contribution in [0.25, 0.3) is 55.3 Å². The van der Waals surface area contributed by atoms with Crippen LogP contribution in [0, 0.1) is 6.92 Å². The number of thiophene rings is 1. The summed E-state index contributed by atoms with van der Waals surface area (Å²) >= 11 is 1.74. The number of aryl methyl sites for hydroxylation is 1. The fourth-order valence-electron chi connectivity index (χ4n) is 4.04. The summed E-state index contributed by atoms with van der Waals surface area (Å²) in [6, 6.07) is 10.2. The van der Waals surface area contributed by atoms with Gasteiger partial charge in [0.25, 0.3) is 0 Å². The van der Waals surface area contributed by atoms with Gasteiger partial charge in [0, 0.05) is 45.2 Å². The fourth-order valence-corrected chi connectivity index (χ4v) is 4.93. The normalized spacial score (nSPS) is 11.7.